The van der Waals surface area contributed by atoms with Crippen molar-refractivity contribution in [3.8, 4) is 0 Å². The Morgan fingerprint density at radius 3 is 3.00 bits per heavy atom. The van der Waals surface area contributed by atoms with Crippen molar-refractivity contribution in [3.05, 3.63) is 29.8 Å². The van der Waals surface area contributed by atoms with E-state index in [9.17, 15) is 4.39 Å². The van der Waals surface area contributed by atoms with Crippen molar-refractivity contribution in [2.75, 3.05) is 0 Å². The fourth-order valence-corrected chi connectivity index (χ4v) is 1.15. The third-order valence-electron chi connectivity index (χ3n) is 1.80. The molecule has 0 aromatic carbocycles. The lowest BCUT2D eigenvalue weighted by Gasteiger charge is -2.10. The maximum absolute atomic E-state index is 13.0. The van der Waals surface area contributed by atoms with Crippen molar-refractivity contribution >= 4 is 0 Å². The lowest BCUT2D eigenvalue weighted by molar-refractivity contribution is 0.555. The summed E-state index contributed by atoms with van der Waals surface area (Å²) in [6.45, 7) is 2.03. The molecule has 1 rings (SSSR count). The molecular weight excluding hydrogens is 155 g/mol. The first-order valence-corrected chi connectivity index (χ1v) is 4.10. The maximum Gasteiger partial charge on any atom is 0.146 e. The van der Waals surface area contributed by atoms with E-state index in [2.05, 4.69) is 4.98 Å². The van der Waals surface area contributed by atoms with Crippen LogP contribution in [0.3, 0.4) is 0 Å². The molecule has 1 atom stereocenters. The van der Waals surface area contributed by atoms with E-state index in [0.29, 0.717) is 5.56 Å². The second kappa shape index (κ2) is 4.16. The van der Waals surface area contributed by atoms with Gasteiger partial charge in [0, 0.05) is 17.8 Å². The van der Waals surface area contributed by atoms with E-state index in [1.807, 2.05) is 6.92 Å². The highest BCUT2D eigenvalue weighted by atomic mass is 19.1. The van der Waals surface area contributed by atoms with E-state index < -0.39 is 0 Å². The number of rotatable bonds is 3. The number of nitrogens with zero attached hydrogens (tertiary/aromatic N) is 1. The quantitative estimate of drug-likeness (QED) is 0.749. The predicted molar refractivity (Wildman–Crippen MR) is 46.0 cm³/mol. The number of pyridine rings is 1. The van der Waals surface area contributed by atoms with Gasteiger partial charge in [-0.15, -0.1) is 0 Å². The molecule has 66 valence electrons. The fourth-order valence-electron chi connectivity index (χ4n) is 1.15. The number of hydrogen-bond acceptors (Lipinski definition) is 2. The van der Waals surface area contributed by atoms with Crippen LogP contribution < -0.4 is 5.73 Å². The highest BCUT2D eigenvalue weighted by molar-refractivity contribution is 5.16. The summed E-state index contributed by atoms with van der Waals surface area (Å²) in [5, 5.41) is 0. The monoisotopic (exact) mass is 168 g/mol. The highest BCUT2D eigenvalue weighted by Crippen LogP contribution is 2.17. The SMILES string of the molecule is CCC[C@H](N)c1ccncc1F. The molecule has 0 aliphatic heterocycles. The molecule has 0 spiro atoms. The summed E-state index contributed by atoms with van der Waals surface area (Å²) in [6, 6.07) is 1.44. The molecule has 2 N–H and O–H groups in total. The Bertz CT molecular complexity index is 250. The summed E-state index contributed by atoms with van der Waals surface area (Å²) in [7, 11) is 0. The third kappa shape index (κ3) is 2.01. The molecule has 0 aliphatic carbocycles. The van der Waals surface area contributed by atoms with Crippen molar-refractivity contribution in [2.24, 2.45) is 5.73 Å². The van der Waals surface area contributed by atoms with Gasteiger partial charge in [0.1, 0.15) is 5.82 Å². The van der Waals surface area contributed by atoms with E-state index in [1.54, 1.807) is 12.3 Å². The Balaban J connectivity index is 2.79. The Hall–Kier alpha value is -0.960. The smallest absolute Gasteiger partial charge is 0.146 e. The van der Waals surface area contributed by atoms with Crippen LogP contribution in [0.1, 0.15) is 31.4 Å². The Morgan fingerprint density at radius 2 is 2.42 bits per heavy atom. The largest absolute Gasteiger partial charge is 0.324 e. The minimum atomic E-state index is -0.307. The topological polar surface area (TPSA) is 38.9 Å². The minimum Gasteiger partial charge on any atom is -0.324 e. The predicted octanol–water partition coefficient (Wildman–Crippen LogP) is 2.02. The first kappa shape index (κ1) is 9.13. The molecule has 12 heavy (non-hydrogen) atoms. The van der Waals surface area contributed by atoms with Crippen molar-refractivity contribution in [3.63, 3.8) is 0 Å². The van der Waals surface area contributed by atoms with E-state index in [0.717, 1.165) is 12.8 Å². The maximum atomic E-state index is 13.0. The summed E-state index contributed by atoms with van der Waals surface area (Å²) in [4.78, 5) is 3.66. The standard InChI is InChI=1S/C9H13FN2/c1-2-3-9(11)7-4-5-12-6-8(7)10/h4-6,9H,2-3,11H2,1H3/t9-/m0/s1. The lowest BCUT2D eigenvalue weighted by Crippen LogP contribution is -2.11. The highest BCUT2D eigenvalue weighted by Gasteiger charge is 2.09. The molecule has 0 bridgehead atoms. The van der Waals surface area contributed by atoms with Gasteiger partial charge in [0.25, 0.3) is 0 Å². The van der Waals surface area contributed by atoms with Crippen LogP contribution in [0, 0.1) is 5.82 Å². The summed E-state index contributed by atoms with van der Waals surface area (Å²) < 4.78 is 13.0. The molecule has 0 aliphatic rings. The van der Waals surface area contributed by atoms with Crippen LogP contribution in [0.2, 0.25) is 0 Å². The number of halogens is 1. The molecule has 1 heterocycles. The van der Waals surface area contributed by atoms with E-state index in [4.69, 9.17) is 5.73 Å². The van der Waals surface area contributed by atoms with E-state index in [1.165, 1.54) is 6.20 Å². The minimum absolute atomic E-state index is 0.196. The van der Waals surface area contributed by atoms with Crippen molar-refractivity contribution in [2.45, 2.75) is 25.8 Å². The van der Waals surface area contributed by atoms with Gasteiger partial charge in [-0.1, -0.05) is 13.3 Å². The Labute approximate surface area is 71.6 Å². The van der Waals surface area contributed by atoms with Crippen LogP contribution in [0.25, 0.3) is 0 Å². The zero-order valence-corrected chi connectivity index (χ0v) is 7.13. The Morgan fingerprint density at radius 1 is 1.67 bits per heavy atom. The van der Waals surface area contributed by atoms with Gasteiger partial charge in [-0.3, -0.25) is 4.98 Å². The van der Waals surface area contributed by atoms with E-state index in [-0.39, 0.29) is 11.9 Å². The van der Waals surface area contributed by atoms with Gasteiger partial charge in [0.05, 0.1) is 6.20 Å². The zero-order valence-electron chi connectivity index (χ0n) is 7.13. The lowest BCUT2D eigenvalue weighted by atomic mass is 10.0. The average molecular weight is 168 g/mol. The van der Waals surface area contributed by atoms with Crippen molar-refractivity contribution < 1.29 is 4.39 Å². The van der Waals surface area contributed by atoms with Gasteiger partial charge in [0.2, 0.25) is 0 Å². The first-order chi connectivity index (χ1) is 5.75. The molecule has 2 nitrogen and oxygen atoms in total. The van der Waals surface area contributed by atoms with Crippen molar-refractivity contribution in [1.29, 1.82) is 0 Å². The van der Waals surface area contributed by atoms with Gasteiger partial charge in [0.15, 0.2) is 0 Å². The van der Waals surface area contributed by atoms with Crippen LogP contribution in [0.5, 0.6) is 0 Å². The van der Waals surface area contributed by atoms with Gasteiger partial charge in [-0.25, -0.2) is 4.39 Å². The molecule has 0 radical (unpaired) electrons. The summed E-state index contributed by atoms with van der Waals surface area (Å²) in [5.74, 6) is -0.307. The molecule has 1 aromatic rings. The van der Waals surface area contributed by atoms with Gasteiger partial charge in [-0.05, 0) is 12.5 Å². The summed E-state index contributed by atoms with van der Waals surface area (Å²) in [5.41, 5.74) is 6.30. The fraction of sp³-hybridized carbons (Fsp3) is 0.444. The Kier molecular flexibility index (Phi) is 3.17. The van der Waals surface area contributed by atoms with Crippen LogP contribution in [0.15, 0.2) is 18.5 Å². The molecule has 0 saturated carbocycles. The normalized spacial score (nSPS) is 12.9. The first-order valence-electron chi connectivity index (χ1n) is 4.10. The second-order valence-corrected chi connectivity index (χ2v) is 2.79. The van der Waals surface area contributed by atoms with Gasteiger partial charge in [-0.2, -0.15) is 0 Å². The molecule has 0 unspecified atom stereocenters. The number of hydrogen-bond donors (Lipinski definition) is 1. The number of nitrogens with two attached hydrogens (primary N) is 1. The van der Waals surface area contributed by atoms with Crippen LogP contribution >= 0.6 is 0 Å². The second-order valence-electron chi connectivity index (χ2n) is 2.79. The average Bonchev–Trinajstić information content (AvgIpc) is 2.05. The van der Waals surface area contributed by atoms with Gasteiger partial charge >= 0.3 is 0 Å². The zero-order chi connectivity index (χ0) is 8.97. The molecular formula is C9H13FN2. The summed E-state index contributed by atoms with van der Waals surface area (Å²) >= 11 is 0. The van der Waals surface area contributed by atoms with Crippen LogP contribution in [-0.4, -0.2) is 4.98 Å². The molecule has 1 aromatic heterocycles. The third-order valence-corrected chi connectivity index (χ3v) is 1.80. The van der Waals surface area contributed by atoms with Crippen LogP contribution in [-0.2, 0) is 0 Å². The molecule has 0 amide bonds. The molecule has 3 heteroatoms. The molecule has 0 saturated heterocycles. The number of aromatic nitrogens is 1. The van der Waals surface area contributed by atoms with Crippen LogP contribution in [0.4, 0.5) is 4.39 Å². The van der Waals surface area contributed by atoms with Gasteiger partial charge < -0.3 is 5.73 Å². The molecule has 0 fully saturated rings. The van der Waals surface area contributed by atoms with Crippen molar-refractivity contribution in [1.82, 2.24) is 4.98 Å². The summed E-state index contributed by atoms with van der Waals surface area (Å²) in [6.07, 6.45) is 4.53. The van der Waals surface area contributed by atoms with E-state index >= 15 is 0 Å².